The minimum Gasteiger partial charge on any atom is -1.00 e. The van der Waals surface area contributed by atoms with Crippen molar-refractivity contribution in [2.45, 2.75) is 13.1 Å². The summed E-state index contributed by atoms with van der Waals surface area (Å²) in [6.45, 7) is 1.54. The molecule has 0 spiro atoms. The van der Waals surface area contributed by atoms with Gasteiger partial charge in [0.1, 0.15) is 6.54 Å². The first-order valence-corrected chi connectivity index (χ1v) is 4.09. The zero-order chi connectivity index (χ0) is 9.52. The van der Waals surface area contributed by atoms with Crippen LogP contribution in [-0.2, 0) is 13.1 Å². The molecule has 1 rings (SSSR count). The van der Waals surface area contributed by atoms with E-state index in [-0.39, 0.29) is 12.4 Å². The predicted octanol–water partition coefficient (Wildman–Crippen LogP) is -3.56. The van der Waals surface area contributed by atoms with Crippen molar-refractivity contribution >= 4 is 0 Å². The number of hydrogen-bond donors (Lipinski definition) is 4. The maximum atomic E-state index is 8.54. The van der Waals surface area contributed by atoms with Crippen LogP contribution in [0.25, 0.3) is 0 Å². The standard InChI is InChI=1S/C8H14N3O2.ClH/c12-9-4-6-11-5-2-1-3-8(11)7-10-13;/h1-3,5,9-10,12-13H,4,6-7H2;1H/q+1;/p-1. The normalized spacial score (nSPS) is 9.57. The molecule has 0 amide bonds. The zero-order valence-corrected chi connectivity index (χ0v) is 8.41. The molecule has 0 atom stereocenters. The first-order chi connectivity index (χ1) is 6.38. The molecule has 0 saturated heterocycles. The van der Waals surface area contributed by atoms with Gasteiger partial charge in [-0.3, -0.25) is 0 Å². The molecule has 14 heavy (non-hydrogen) atoms. The van der Waals surface area contributed by atoms with Crippen LogP contribution in [0, 0.1) is 0 Å². The summed E-state index contributed by atoms with van der Waals surface area (Å²) in [6, 6.07) is 5.70. The molecule has 0 unspecified atom stereocenters. The largest absolute Gasteiger partial charge is 1.00 e. The molecule has 1 aromatic rings. The number of pyridine rings is 1. The Morgan fingerprint density at radius 3 is 2.64 bits per heavy atom. The van der Waals surface area contributed by atoms with Gasteiger partial charge < -0.3 is 22.8 Å². The molecule has 6 heteroatoms. The second kappa shape index (κ2) is 7.66. The number of nitrogens with one attached hydrogen (secondary N) is 2. The van der Waals surface area contributed by atoms with Crippen molar-refractivity contribution in [3.05, 3.63) is 30.1 Å². The van der Waals surface area contributed by atoms with E-state index in [1.165, 1.54) is 0 Å². The van der Waals surface area contributed by atoms with Crippen LogP contribution in [0.2, 0.25) is 0 Å². The van der Waals surface area contributed by atoms with Gasteiger partial charge in [-0.25, -0.2) is 0 Å². The summed E-state index contributed by atoms with van der Waals surface area (Å²) in [5.74, 6) is 0. The van der Waals surface area contributed by atoms with Crippen LogP contribution >= 0.6 is 0 Å². The van der Waals surface area contributed by atoms with Gasteiger partial charge in [0.25, 0.3) is 0 Å². The summed E-state index contributed by atoms with van der Waals surface area (Å²) in [5.41, 5.74) is 5.14. The van der Waals surface area contributed by atoms with Crippen molar-refractivity contribution in [2.75, 3.05) is 6.54 Å². The smallest absolute Gasteiger partial charge is 0.197 e. The predicted molar refractivity (Wildman–Crippen MR) is 45.1 cm³/mol. The van der Waals surface area contributed by atoms with E-state index in [0.717, 1.165) is 5.69 Å². The maximum Gasteiger partial charge on any atom is 0.197 e. The van der Waals surface area contributed by atoms with E-state index >= 15 is 0 Å². The van der Waals surface area contributed by atoms with E-state index in [0.29, 0.717) is 19.6 Å². The fraction of sp³-hybridized carbons (Fsp3) is 0.375. The maximum absolute atomic E-state index is 8.54. The quantitative estimate of drug-likeness (QED) is 0.306. The third-order valence-electron chi connectivity index (χ3n) is 1.76. The molecule has 1 aromatic heterocycles. The molecule has 0 fully saturated rings. The fourth-order valence-corrected chi connectivity index (χ4v) is 1.14. The second-order valence-electron chi connectivity index (χ2n) is 2.63. The zero-order valence-electron chi connectivity index (χ0n) is 7.65. The van der Waals surface area contributed by atoms with Crippen LogP contribution in [0.1, 0.15) is 5.69 Å². The van der Waals surface area contributed by atoms with Crippen molar-refractivity contribution in [2.24, 2.45) is 0 Å². The minimum absolute atomic E-state index is 0. The summed E-state index contributed by atoms with van der Waals surface area (Å²) >= 11 is 0. The van der Waals surface area contributed by atoms with E-state index in [1.54, 1.807) is 0 Å². The highest BCUT2D eigenvalue weighted by Gasteiger charge is 2.07. The summed E-state index contributed by atoms with van der Waals surface area (Å²) in [7, 11) is 0. The van der Waals surface area contributed by atoms with Crippen molar-refractivity contribution in [1.29, 1.82) is 0 Å². The highest BCUT2D eigenvalue weighted by Crippen LogP contribution is 1.89. The van der Waals surface area contributed by atoms with Gasteiger partial charge in [0.2, 0.25) is 0 Å². The highest BCUT2D eigenvalue weighted by atomic mass is 35.5. The molecule has 1 heterocycles. The minimum atomic E-state index is 0. The van der Waals surface area contributed by atoms with Gasteiger partial charge >= 0.3 is 0 Å². The first kappa shape index (κ1) is 13.3. The van der Waals surface area contributed by atoms with Gasteiger partial charge in [-0.2, -0.15) is 15.5 Å². The number of rotatable bonds is 5. The Hall–Kier alpha value is -0.720. The summed E-state index contributed by atoms with van der Waals surface area (Å²) in [5, 5.41) is 17.0. The molecule has 0 aromatic carbocycles. The van der Waals surface area contributed by atoms with Crippen LogP contribution in [0.15, 0.2) is 24.4 Å². The SMILES string of the molecule is ONCC[n+]1ccccc1CNO.[Cl-]. The molecule has 5 nitrogen and oxygen atoms in total. The van der Waals surface area contributed by atoms with E-state index in [1.807, 2.05) is 29.0 Å². The van der Waals surface area contributed by atoms with Gasteiger partial charge in [-0.05, 0) is 0 Å². The Morgan fingerprint density at radius 1 is 1.21 bits per heavy atom. The lowest BCUT2D eigenvalue weighted by Crippen LogP contribution is -3.00. The molecule has 0 saturated carbocycles. The van der Waals surface area contributed by atoms with Gasteiger partial charge in [-0.1, -0.05) is 6.07 Å². The van der Waals surface area contributed by atoms with Crippen LogP contribution in [0.4, 0.5) is 0 Å². The van der Waals surface area contributed by atoms with E-state index in [9.17, 15) is 0 Å². The van der Waals surface area contributed by atoms with Crippen LogP contribution < -0.4 is 27.9 Å². The number of hydroxylamine groups is 2. The Labute approximate surface area is 88.7 Å². The lowest BCUT2D eigenvalue weighted by atomic mass is 10.3. The Balaban J connectivity index is 0.00000169. The van der Waals surface area contributed by atoms with Gasteiger partial charge in [-0.15, -0.1) is 0 Å². The van der Waals surface area contributed by atoms with Gasteiger partial charge in [0.05, 0.1) is 6.54 Å². The Bertz CT molecular complexity index is 260. The first-order valence-electron chi connectivity index (χ1n) is 4.09. The molecule has 4 N–H and O–H groups in total. The van der Waals surface area contributed by atoms with E-state index in [4.69, 9.17) is 10.4 Å². The van der Waals surface area contributed by atoms with Crippen LogP contribution in [0.5, 0.6) is 0 Å². The third-order valence-corrected chi connectivity index (χ3v) is 1.76. The van der Waals surface area contributed by atoms with Crippen LogP contribution in [0.3, 0.4) is 0 Å². The highest BCUT2D eigenvalue weighted by molar-refractivity contribution is 4.96. The average molecular weight is 220 g/mol. The number of halogens is 1. The molecule has 80 valence electrons. The summed E-state index contributed by atoms with van der Waals surface area (Å²) in [4.78, 5) is 0. The van der Waals surface area contributed by atoms with Gasteiger partial charge in [0.15, 0.2) is 18.4 Å². The van der Waals surface area contributed by atoms with Crippen molar-refractivity contribution in [3.63, 3.8) is 0 Å². The Morgan fingerprint density at radius 2 is 2.00 bits per heavy atom. The molecule has 0 radical (unpaired) electrons. The molecule has 0 aliphatic heterocycles. The Kier molecular flexibility index (Phi) is 7.27. The van der Waals surface area contributed by atoms with E-state index in [2.05, 4.69) is 11.0 Å². The number of nitrogens with zero attached hydrogens (tertiary/aromatic N) is 1. The molecular weight excluding hydrogens is 206 g/mol. The lowest BCUT2D eigenvalue weighted by Gasteiger charge is -2.01. The molecule has 0 aliphatic rings. The number of aromatic nitrogens is 1. The third kappa shape index (κ3) is 3.99. The molecule has 0 bridgehead atoms. The second-order valence-corrected chi connectivity index (χ2v) is 2.63. The van der Waals surface area contributed by atoms with Crippen molar-refractivity contribution in [3.8, 4) is 0 Å². The number of hydrogen-bond acceptors (Lipinski definition) is 4. The summed E-state index contributed by atoms with van der Waals surface area (Å²) < 4.78 is 1.94. The van der Waals surface area contributed by atoms with E-state index < -0.39 is 0 Å². The molecule has 0 aliphatic carbocycles. The molecular formula is C8H14ClN3O2. The topological polar surface area (TPSA) is 68.4 Å². The van der Waals surface area contributed by atoms with Crippen molar-refractivity contribution in [1.82, 2.24) is 11.0 Å². The summed E-state index contributed by atoms with van der Waals surface area (Å²) in [6.07, 6.45) is 1.89. The van der Waals surface area contributed by atoms with Crippen LogP contribution in [-0.4, -0.2) is 17.0 Å². The van der Waals surface area contributed by atoms with Crippen molar-refractivity contribution < 1.29 is 27.4 Å². The van der Waals surface area contributed by atoms with Gasteiger partial charge in [0, 0.05) is 12.1 Å². The average Bonchev–Trinajstić information content (AvgIpc) is 2.17. The fourth-order valence-electron chi connectivity index (χ4n) is 1.14. The monoisotopic (exact) mass is 219 g/mol. The lowest BCUT2D eigenvalue weighted by molar-refractivity contribution is -0.703.